The van der Waals surface area contributed by atoms with Crippen molar-refractivity contribution in [3.63, 3.8) is 0 Å². The molecular formula is C19H30N4O2. The van der Waals surface area contributed by atoms with Crippen molar-refractivity contribution >= 4 is 6.03 Å². The molecule has 1 aliphatic heterocycles. The number of nitrogens with zero attached hydrogens (tertiary/aromatic N) is 2. The number of aromatic nitrogens is 1. The van der Waals surface area contributed by atoms with Gasteiger partial charge in [0.25, 0.3) is 0 Å². The Morgan fingerprint density at radius 3 is 2.88 bits per heavy atom. The van der Waals surface area contributed by atoms with E-state index < -0.39 is 0 Å². The zero-order valence-corrected chi connectivity index (χ0v) is 15.3. The number of carbonyl (C=O) groups is 1. The molecule has 1 saturated carbocycles. The van der Waals surface area contributed by atoms with Gasteiger partial charge in [-0.1, -0.05) is 26.3 Å². The standard InChI is InChI=1S/C19H30N4O2/c1-19(2)7-3-6-17(19)22-18(24)21-14-16(15-5-4-8-20-13-15)23-9-11-25-12-10-23/h4-5,8,13,16-17H,3,6-7,9-12,14H2,1-2H3,(H2,21,22,24)/t16-,17-/m0/s1. The van der Waals surface area contributed by atoms with Gasteiger partial charge in [-0.25, -0.2) is 4.79 Å². The van der Waals surface area contributed by atoms with E-state index in [1.54, 1.807) is 6.20 Å². The molecule has 2 heterocycles. The molecule has 1 aromatic rings. The van der Waals surface area contributed by atoms with Gasteiger partial charge in [0.2, 0.25) is 0 Å². The molecule has 0 radical (unpaired) electrons. The second kappa shape index (κ2) is 8.15. The van der Waals surface area contributed by atoms with Crippen LogP contribution in [0.5, 0.6) is 0 Å². The fourth-order valence-corrected chi connectivity index (χ4v) is 3.91. The summed E-state index contributed by atoms with van der Waals surface area (Å²) in [4.78, 5) is 19.0. The number of nitrogens with one attached hydrogen (secondary N) is 2. The highest BCUT2D eigenvalue weighted by Crippen LogP contribution is 2.37. The highest BCUT2D eigenvalue weighted by Gasteiger charge is 2.35. The zero-order chi connectivity index (χ0) is 17.7. The summed E-state index contributed by atoms with van der Waals surface area (Å²) in [7, 11) is 0. The Balaban J connectivity index is 1.59. The number of amides is 2. The van der Waals surface area contributed by atoms with Gasteiger partial charge in [0.15, 0.2) is 0 Å². The van der Waals surface area contributed by atoms with Crippen LogP contribution in [0.3, 0.4) is 0 Å². The van der Waals surface area contributed by atoms with E-state index in [0.29, 0.717) is 6.54 Å². The summed E-state index contributed by atoms with van der Waals surface area (Å²) in [6.45, 7) is 8.26. The van der Waals surface area contributed by atoms with Gasteiger partial charge in [0.05, 0.1) is 19.3 Å². The molecule has 1 aliphatic carbocycles. The second-order valence-corrected chi connectivity index (χ2v) is 7.74. The maximum Gasteiger partial charge on any atom is 0.315 e. The Bertz CT molecular complexity index is 558. The number of pyridine rings is 1. The summed E-state index contributed by atoms with van der Waals surface area (Å²) in [5, 5.41) is 6.25. The summed E-state index contributed by atoms with van der Waals surface area (Å²) in [6.07, 6.45) is 7.09. The van der Waals surface area contributed by atoms with E-state index in [4.69, 9.17) is 4.74 Å². The van der Waals surface area contributed by atoms with Crippen molar-refractivity contribution in [1.82, 2.24) is 20.5 Å². The normalized spacial score (nSPS) is 24.6. The SMILES string of the molecule is CC1(C)CCC[C@@H]1NC(=O)NC[C@@H](c1cccnc1)N1CCOCC1. The third-order valence-electron chi connectivity index (χ3n) is 5.57. The van der Waals surface area contributed by atoms with Gasteiger partial charge < -0.3 is 15.4 Å². The summed E-state index contributed by atoms with van der Waals surface area (Å²) in [5.41, 5.74) is 1.32. The molecule has 1 aromatic heterocycles. The van der Waals surface area contributed by atoms with Crippen LogP contribution >= 0.6 is 0 Å². The molecule has 0 bridgehead atoms. The Morgan fingerprint density at radius 2 is 2.24 bits per heavy atom. The highest BCUT2D eigenvalue weighted by molar-refractivity contribution is 5.74. The molecule has 6 nitrogen and oxygen atoms in total. The minimum absolute atomic E-state index is 0.0675. The number of urea groups is 1. The minimum Gasteiger partial charge on any atom is -0.379 e. The third-order valence-corrected chi connectivity index (χ3v) is 5.57. The van der Waals surface area contributed by atoms with E-state index in [0.717, 1.165) is 38.3 Å². The molecule has 2 aliphatic rings. The summed E-state index contributed by atoms with van der Waals surface area (Å²) < 4.78 is 5.47. The van der Waals surface area contributed by atoms with Crippen LogP contribution in [-0.2, 0) is 4.74 Å². The lowest BCUT2D eigenvalue weighted by molar-refractivity contribution is 0.0166. The second-order valence-electron chi connectivity index (χ2n) is 7.74. The molecule has 3 rings (SSSR count). The molecule has 2 fully saturated rings. The topological polar surface area (TPSA) is 66.5 Å². The predicted octanol–water partition coefficient (Wildman–Crippen LogP) is 2.33. The molecule has 1 saturated heterocycles. The van der Waals surface area contributed by atoms with Gasteiger partial charge in [-0.05, 0) is 29.9 Å². The molecule has 2 amide bonds. The van der Waals surface area contributed by atoms with Crippen LogP contribution < -0.4 is 10.6 Å². The van der Waals surface area contributed by atoms with Crippen LogP contribution in [-0.4, -0.2) is 54.8 Å². The molecular weight excluding hydrogens is 316 g/mol. The van der Waals surface area contributed by atoms with E-state index in [1.165, 1.54) is 12.8 Å². The molecule has 25 heavy (non-hydrogen) atoms. The summed E-state index contributed by atoms with van der Waals surface area (Å²) in [6, 6.07) is 4.34. The van der Waals surface area contributed by atoms with E-state index in [1.807, 2.05) is 12.3 Å². The third kappa shape index (κ3) is 4.70. The summed E-state index contributed by atoms with van der Waals surface area (Å²) >= 11 is 0. The van der Waals surface area contributed by atoms with Gasteiger partial charge >= 0.3 is 6.03 Å². The molecule has 2 N–H and O–H groups in total. The average Bonchev–Trinajstić information content (AvgIpc) is 2.95. The molecule has 2 atom stereocenters. The quantitative estimate of drug-likeness (QED) is 0.859. The van der Waals surface area contributed by atoms with Crippen molar-refractivity contribution in [1.29, 1.82) is 0 Å². The lowest BCUT2D eigenvalue weighted by Gasteiger charge is -2.35. The maximum atomic E-state index is 12.4. The van der Waals surface area contributed by atoms with Gasteiger partial charge in [-0.3, -0.25) is 9.88 Å². The van der Waals surface area contributed by atoms with Crippen LogP contribution in [0.15, 0.2) is 24.5 Å². The Labute approximate surface area is 150 Å². The van der Waals surface area contributed by atoms with E-state index >= 15 is 0 Å². The van der Waals surface area contributed by atoms with Crippen molar-refractivity contribution in [3.8, 4) is 0 Å². The first-order chi connectivity index (χ1) is 12.1. The van der Waals surface area contributed by atoms with Gasteiger partial charge in [-0.15, -0.1) is 0 Å². The van der Waals surface area contributed by atoms with Crippen molar-refractivity contribution in [2.75, 3.05) is 32.8 Å². The number of rotatable bonds is 5. The van der Waals surface area contributed by atoms with E-state index in [2.05, 4.69) is 40.4 Å². The molecule has 6 heteroatoms. The number of hydrogen-bond donors (Lipinski definition) is 2. The van der Waals surface area contributed by atoms with Crippen LogP contribution in [0.4, 0.5) is 4.79 Å². The monoisotopic (exact) mass is 346 g/mol. The lowest BCUT2D eigenvalue weighted by atomic mass is 9.87. The Kier molecular flexibility index (Phi) is 5.91. The minimum atomic E-state index is -0.0675. The van der Waals surface area contributed by atoms with Crippen LogP contribution in [0.25, 0.3) is 0 Å². The van der Waals surface area contributed by atoms with Gasteiger partial charge in [-0.2, -0.15) is 0 Å². The number of hydrogen-bond acceptors (Lipinski definition) is 4. The van der Waals surface area contributed by atoms with Crippen LogP contribution in [0.1, 0.15) is 44.7 Å². The van der Waals surface area contributed by atoms with Crippen LogP contribution in [0.2, 0.25) is 0 Å². The number of morpholine rings is 1. The zero-order valence-electron chi connectivity index (χ0n) is 15.3. The van der Waals surface area contributed by atoms with Crippen molar-refractivity contribution in [2.24, 2.45) is 5.41 Å². The van der Waals surface area contributed by atoms with Crippen LogP contribution in [0, 0.1) is 5.41 Å². The van der Waals surface area contributed by atoms with Crippen molar-refractivity contribution in [3.05, 3.63) is 30.1 Å². The fourth-order valence-electron chi connectivity index (χ4n) is 3.91. The number of carbonyl (C=O) groups excluding carboxylic acids is 1. The van der Waals surface area contributed by atoms with E-state index in [-0.39, 0.29) is 23.5 Å². The molecule has 0 spiro atoms. The first-order valence-corrected chi connectivity index (χ1v) is 9.32. The molecule has 0 aromatic carbocycles. The van der Waals surface area contributed by atoms with Crippen molar-refractivity contribution in [2.45, 2.75) is 45.2 Å². The van der Waals surface area contributed by atoms with Gasteiger partial charge in [0.1, 0.15) is 0 Å². The first kappa shape index (κ1) is 18.1. The summed E-state index contributed by atoms with van der Waals surface area (Å²) in [5.74, 6) is 0. The van der Waals surface area contributed by atoms with Gasteiger partial charge in [0, 0.05) is 38.1 Å². The largest absolute Gasteiger partial charge is 0.379 e. The molecule has 0 unspecified atom stereocenters. The average molecular weight is 346 g/mol. The van der Waals surface area contributed by atoms with E-state index in [9.17, 15) is 4.79 Å². The predicted molar refractivity (Wildman–Crippen MR) is 97.3 cm³/mol. The number of ether oxygens (including phenoxy) is 1. The fraction of sp³-hybridized carbons (Fsp3) is 0.684. The van der Waals surface area contributed by atoms with Crippen molar-refractivity contribution < 1.29 is 9.53 Å². The Morgan fingerprint density at radius 1 is 1.44 bits per heavy atom. The smallest absolute Gasteiger partial charge is 0.315 e. The maximum absolute atomic E-state index is 12.4. The Hall–Kier alpha value is -1.66. The lowest BCUT2D eigenvalue weighted by Crippen LogP contribution is -2.49. The first-order valence-electron chi connectivity index (χ1n) is 9.32. The highest BCUT2D eigenvalue weighted by atomic mass is 16.5. The molecule has 138 valence electrons.